The van der Waals surface area contributed by atoms with Crippen LogP contribution in [0.1, 0.15) is 12.5 Å². The van der Waals surface area contributed by atoms with Crippen LogP contribution in [0.25, 0.3) is 0 Å². The van der Waals surface area contributed by atoms with Crippen molar-refractivity contribution in [3.8, 4) is 11.5 Å². The number of benzene rings is 1. The molecule has 2 atom stereocenters. The van der Waals surface area contributed by atoms with Crippen molar-refractivity contribution in [2.75, 3.05) is 27.3 Å². The Balaban J connectivity index is 2.15. The molecule has 1 fully saturated rings. The quantitative estimate of drug-likeness (QED) is 0.890. The van der Waals surface area contributed by atoms with Crippen molar-refractivity contribution in [1.82, 2.24) is 4.90 Å². The minimum absolute atomic E-state index is 0.0407. The maximum Gasteiger partial charge on any atom is 0.308 e. The molecule has 120 valence electrons. The van der Waals surface area contributed by atoms with Crippen LogP contribution in [0.4, 0.5) is 0 Å². The zero-order chi connectivity index (χ0) is 16.3. The third-order valence-electron chi connectivity index (χ3n) is 4.14. The first-order valence-electron chi connectivity index (χ1n) is 7.18. The first kappa shape index (κ1) is 16.1. The Labute approximate surface area is 129 Å². The molecular weight excluding hydrogens is 286 g/mol. The molecule has 0 aliphatic carbocycles. The van der Waals surface area contributed by atoms with Gasteiger partial charge >= 0.3 is 5.97 Å². The summed E-state index contributed by atoms with van der Waals surface area (Å²) in [4.78, 5) is 25.3. The number of hydrogen-bond acceptors (Lipinski definition) is 4. The second-order valence-corrected chi connectivity index (χ2v) is 5.54. The van der Waals surface area contributed by atoms with Gasteiger partial charge < -0.3 is 19.5 Å². The molecule has 0 radical (unpaired) electrons. The molecule has 1 saturated heterocycles. The lowest BCUT2D eigenvalue weighted by Crippen LogP contribution is -2.31. The minimum atomic E-state index is -0.849. The molecule has 6 heteroatoms. The minimum Gasteiger partial charge on any atom is -0.496 e. The zero-order valence-electron chi connectivity index (χ0n) is 13.0. The van der Waals surface area contributed by atoms with E-state index in [1.165, 1.54) is 0 Å². The van der Waals surface area contributed by atoms with Crippen LogP contribution >= 0.6 is 0 Å². The molecule has 6 nitrogen and oxygen atoms in total. The molecule has 2 rings (SSSR count). The number of amides is 1. The maximum absolute atomic E-state index is 12.5. The lowest BCUT2D eigenvalue weighted by Gasteiger charge is -2.18. The summed E-state index contributed by atoms with van der Waals surface area (Å²) in [7, 11) is 3.09. The van der Waals surface area contributed by atoms with Crippen LogP contribution in [0.15, 0.2) is 18.2 Å². The van der Waals surface area contributed by atoms with Crippen LogP contribution in [0.5, 0.6) is 11.5 Å². The van der Waals surface area contributed by atoms with Crippen LogP contribution in [0.2, 0.25) is 0 Å². The summed E-state index contributed by atoms with van der Waals surface area (Å²) < 4.78 is 10.6. The number of methoxy groups -OCH3 is 2. The SMILES string of the molecule is COc1cccc(OC)c1CC(=O)N1C[C@@H](C)[C@H](C(=O)O)C1. The van der Waals surface area contributed by atoms with Gasteiger partial charge in [0.15, 0.2) is 0 Å². The molecule has 0 bridgehead atoms. The Bertz CT molecular complexity index is 549. The van der Waals surface area contributed by atoms with Gasteiger partial charge in [-0.1, -0.05) is 13.0 Å². The number of nitrogens with zero attached hydrogens (tertiary/aromatic N) is 1. The number of rotatable bonds is 5. The van der Waals surface area contributed by atoms with Crippen molar-refractivity contribution in [2.24, 2.45) is 11.8 Å². The van der Waals surface area contributed by atoms with Gasteiger partial charge in [-0.3, -0.25) is 9.59 Å². The highest BCUT2D eigenvalue weighted by Gasteiger charge is 2.37. The van der Waals surface area contributed by atoms with Gasteiger partial charge in [0.25, 0.3) is 0 Å². The van der Waals surface area contributed by atoms with Crippen LogP contribution in [0, 0.1) is 11.8 Å². The summed E-state index contributed by atoms with van der Waals surface area (Å²) in [5, 5.41) is 9.16. The number of aliphatic carboxylic acids is 1. The number of carbonyl (C=O) groups is 2. The lowest BCUT2D eigenvalue weighted by molar-refractivity contribution is -0.142. The Morgan fingerprint density at radius 2 is 1.82 bits per heavy atom. The fourth-order valence-corrected chi connectivity index (χ4v) is 2.86. The van der Waals surface area contributed by atoms with E-state index in [-0.39, 0.29) is 24.8 Å². The highest BCUT2D eigenvalue weighted by atomic mass is 16.5. The number of carboxylic acid groups (broad SMARTS) is 1. The normalized spacial score (nSPS) is 20.8. The average molecular weight is 307 g/mol. The van der Waals surface area contributed by atoms with Crippen LogP contribution in [-0.4, -0.2) is 49.2 Å². The van der Waals surface area contributed by atoms with Crippen molar-refractivity contribution >= 4 is 11.9 Å². The summed E-state index contributed by atoms with van der Waals surface area (Å²) >= 11 is 0. The first-order valence-corrected chi connectivity index (χ1v) is 7.18. The molecule has 22 heavy (non-hydrogen) atoms. The molecule has 1 aromatic rings. The van der Waals surface area contributed by atoms with Crippen LogP contribution < -0.4 is 9.47 Å². The molecule has 1 aliphatic rings. The molecule has 1 amide bonds. The molecule has 1 aliphatic heterocycles. The number of carboxylic acids is 1. The van der Waals surface area contributed by atoms with Gasteiger partial charge in [0, 0.05) is 18.7 Å². The number of ether oxygens (including phenoxy) is 2. The van der Waals surface area contributed by atoms with Crippen molar-refractivity contribution in [1.29, 1.82) is 0 Å². The topological polar surface area (TPSA) is 76.1 Å². The Kier molecular flexibility index (Phi) is 4.90. The van der Waals surface area contributed by atoms with Crippen molar-refractivity contribution in [3.05, 3.63) is 23.8 Å². The highest BCUT2D eigenvalue weighted by molar-refractivity contribution is 5.82. The summed E-state index contributed by atoms with van der Waals surface area (Å²) in [6.45, 7) is 2.58. The number of carbonyl (C=O) groups excluding carboxylic acids is 1. The van der Waals surface area contributed by atoms with Gasteiger partial charge in [0.05, 0.1) is 26.6 Å². The van der Waals surface area contributed by atoms with Gasteiger partial charge in [-0.05, 0) is 18.1 Å². The van der Waals surface area contributed by atoms with E-state index in [0.717, 1.165) is 0 Å². The fraction of sp³-hybridized carbons (Fsp3) is 0.500. The van der Waals surface area contributed by atoms with E-state index in [2.05, 4.69) is 0 Å². The maximum atomic E-state index is 12.5. The second-order valence-electron chi connectivity index (χ2n) is 5.54. The molecule has 1 heterocycles. The highest BCUT2D eigenvalue weighted by Crippen LogP contribution is 2.30. The molecular formula is C16H21NO5. The lowest BCUT2D eigenvalue weighted by atomic mass is 9.99. The largest absolute Gasteiger partial charge is 0.496 e. The smallest absolute Gasteiger partial charge is 0.308 e. The van der Waals surface area contributed by atoms with E-state index in [4.69, 9.17) is 14.6 Å². The molecule has 0 spiro atoms. The van der Waals surface area contributed by atoms with Gasteiger partial charge in [-0.25, -0.2) is 0 Å². The zero-order valence-corrected chi connectivity index (χ0v) is 13.0. The molecule has 0 saturated carbocycles. The van der Waals surface area contributed by atoms with Crippen molar-refractivity contribution in [3.63, 3.8) is 0 Å². The van der Waals surface area contributed by atoms with E-state index in [0.29, 0.717) is 23.6 Å². The Morgan fingerprint density at radius 3 is 2.27 bits per heavy atom. The van der Waals surface area contributed by atoms with Crippen molar-refractivity contribution in [2.45, 2.75) is 13.3 Å². The molecule has 0 aromatic heterocycles. The third kappa shape index (κ3) is 3.16. The summed E-state index contributed by atoms with van der Waals surface area (Å²) in [6, 6.07) is 5.35. The Morgan fingerprint density at radius 1 is 1.23 bits per heavy atom. The Hall–Kier alpha value is -2.24. The van der Waals surface area contributed by atoms with Crippen LogP contribution in [0.3, 0.4) is 0 Å². The van der Waals surface area contributed by atoms with Crippen molar-refractivity contribution < 1.29 is 24.2 Å². The van der Waals surface area contributed by atoms with E-state index in [1.807, 2.05) is 6.92 Å². The van der Waals surface area contributed by atoms with Gasteiger partial charge in [0.1, 0.15) is 11.5 Å². The van der Waals surface area contributed by atoms with E-state index < -0.39 is 11.9 Å². The summed E-state index contributed by atoms with van der Waals surface area (Å²) in [5.41, 5.74) is 0.684. The monoisotopic (exact) mass is 307 g/mol. The molecule has 1 N–H and O–H groups in total. The third-order valence-corrected chi connectivity index (χ3v) is 4.14. The summed E-state index contributed by atoms with van der Waals surface area (Å²) in [6.07, 6.45) is 0.131. The predicted molar refractivity (Wildman–Crippen MR) is 80.1 cm³/mol. The standard InChI is InChI=1S/C16H21NO5/c1-10-8-17(9-12(10)16(19)20)15(18)7-11-13(21-2)5-4-6-14(11)22-3/h4-6,10,12H,7-9H2,1-3H3,(H,19,20)/t10-,12-/m1/s1. The van der Waals surface area contributed by atoms with E-state index in [9.17, 15) is 9.59 Å². The van der Waals surface area contributed by atoms with Gasteiger partial charge in [0.2, 0.25) is 5.91 Å². The van der Waals surface area contributed by atoms with E-state index in [1.54, 1.807) is 37.3 Å². The molecule has 0 unspecified atom stereocenters. The number of likely N-dealkylation sites (tertiary alicyclic amines) is 1. The average Bonchev–Trinajstić information content (AvgIpc) is 2.89. The van der Waals surface area contributed by atoms with E-state index >= 15 is 0 Å². The number of hydrogen-bond donors (Lipinski definition) is 1. The molecule has 1 aromatic carbocycles. The fourth-order valence-electron chi connectivity index (χ4n) is 2.86. The van der Waals surface area contributed by atoms with Gasteiger partial charge in [-0.2, -0.15) is 0 Å². The second kappa shape index (κ2) is 6.68. The predicted octanol–water partition coefficient (Wildman–Crippen LogP) is 1.43. The summed E-state index contributed by atoms with van der Waals surface area (Å²) in [5.74, 6) is -0.315. The first-order chi connectivity index (χ1) is 10.5. The van der Waals surface area contributed by atoms with Crippen LogP contribution in [-0.2, 0) is 16.0 Å². The van der Waals surface area contributed by atoms with Gasteiger partial charge in [-0.15, -0.1) is 0 Å².